The van der Waals surface area contributed by atoms with Crippen molar-refractivity contribution in [2.45, 2.75) is 26.9 Å². The lowest BCUT2D eigenvalue weighted by Gasteiger charge is -2.14. The molecule has 4 nitrogen and oxygen atoms in total. The number of nitriles is 1. The quantitative estimate of drug-likeness (QED) is 0.856. The van der Waals surface area contributed by atoms with E-state index in [2.05, 4.69) is 27.3 Å². The summed E-state index contributed by atoms with van der Waals surface area (Å²) in [5.74, 6) is 0.338. The van der Waals surface area contributed by atoms with Crippen LogP contribution in [0.5, 0.6) is 5.75 Å². The van der Waals surface area contributed by atoms with E-state index < -0.39 is 6.10 Å². The summed E-state index contributed by atoms with van der Waals surface area (Å²) in [5, 5.41) is 12.5. The Labute approximate surface area is 141 Å². The molecule has 0 aliphatic heterocycles. The average Bonchev–Trinajstić information content (AvgIpc) is 2.75. The van der Waals surface area contributed by atoms with E-state index in [0.29, 0.717) is 16.3 Å². The molecule has 1 N–H and O–H groups in total. The first-order chi connectivity index (χ1) is 10.4. The number of thiophene rings is 1. The van der Waals surface area contributed by atoms with Crippen molar-refractivity contribution >= 4 is 38.2 Å². The lowest BCUT2D eigenvalue weighted by Crippen LogP contribution is -2.30. The Bertz CT molecular complexity index is 732. The Morgan fingerprint density at radius 3 is 2.59 bits per heavy atom. The van der Waals surface area contributed by atoms with Crippen molar-refractivity contribution < 1.29 is 9.53 Å². The molecule has 0 spiro atoms. The summed E-state index contributed by atoms with van der Waals surface area (Å²) in [6.45, 7) is 5.48. The van der Waals surface area contributed by atoms with Crippen LogP contribution < -0.4 is 10.1 Å². The maximum absolute atomic E-state index is 12.2. The smallest absolute Gasteiger partial charge is 0.265 e. The summed E-state index contributed by atoms with van der Waals surface area (Å²) < 4.78 is 6.55. The van der Waals surface area contributed by atoms with Gasteiger partial charge in [0.1, 0.15) is 16.8 Å². The fourth-order valence-electron chi connectivity index (χ4n) is 1.83. The van der Waals surface area contributed by atoms with Gasteiger partial charge >= 0.3 is 0 Å². The molecule has 1 unspecified atom stereocenters. The van der Waals surface area contributed by atoms with Gasteiger partial charge in [0.25, 0.3) is 5.91 Å². The van der Waals surface area contributed by atoms with Crippen LogP contribution in [-0.4, -0.2) is 12.0 Å². The van der Waals surface area contributed by atoms with Gasteiger partial charge in [0.2, 0.25) is 0 Å². The second-order valence-corrected chi connectivity index (χ2v) is 6.94. The van der Waals surface area contributed by atoms with Crippen molar-refractivity contribution in [2.24, 2.45) is 0 Å². The third-order valence-corrected chi connectivity index (χ3v) is 4.88. The van der Waals surface area contributed by atoms with Crippen molar-refractivity contribution in [3.05, 3.63) is 44.7 Å². The van der Waals surface area contributed by atoms with Crippen molar-refractivity contribution in [1.82, 2.24) is 0 Å². The number of carbonyl (C=O) groups excluding carboxylic acids is 1. The number of hydrogen-bond donors (Lipinski definition) is 1. The zero-order valence-corrected chi connectivity index (χ0v) is 14.8. The number of amides is 1. The molecule has 1 heterocycles. The topological polar surface area (TPSA) is 62.1 Å². The van der Waals surface area contributed by atoms with E-state index in [0.717, 1.165) is 14.9 Å². The molecule has 0 aliphatic rings. The van der Waals surface area contributed by atoms with E-state index in [-0.39, 0.29) is 5.91 Å². The predicted octanol–water partition coefficient (Wildman–Crippen LogP) is 4.41. The van der Waals surface area contributed by atoms with Gasteiger partial charge in [-0.1, -0.05) is 15.9 Å². The van der Waals surface area contributed by atoms with Crippen LogP contribution in [0, 0.1) is 25.2 Å². The standard InChI is InChI=1S/C16H15BrN2O2S/c1-9-11(3)22-16(14(9)8-18)19-15(20)10(2)21-13-6-4-12(17)5-7-13/h4-7,10H,1-3H3,(H,19,20). The summed E-state index contributed by atoms with van der Waals surface area (Å²) in [7, 11) is 0. The maximum Gasteiger partial charge on any atom is 0.265 e. The van der Waals surface area contributed by atoms with E-state index in [4.69, 9.17) is 4.74 Å². The normalized spacial score (nSPS) is 11.6. The summed E-state index contributed by atoms with van der Waals surface area (Å²) in [4.78, 5) is 13.2. The van der Waals surface area contributed by atoms with Gasteiger partial charge in [-0.05, 0) is 50.6 Å². The molecule has 1 amide bonds. The van der Waals surface area contributed by atoms with Gasteiger partial charge in [0.15, 0.2) is 6.10 Å². The lowest BCUT2D eigenvalue weighted by atomic mass is 10.2. The summed E-state index contributed by atoms with van der Waals surface area (Å²) in [6.07, 6.45) is -0.657. The van der Waals surface area contributed by atoms with Gasteiger partial charge in [-0.25, -0.2) is 0 Å². The Hall–Kier alpha value is -1.84. The number of nitrogens with zero attached hydrogens (tertiary/aromatic N) is 1. The molecule has 2 rings (SSSR count). The average molecular weight is 379 g/mol. The van der Waals surface area contributed by atoms with Crippen LogP contribution >= 0.6 is 27.3 Å². The minimum Gasteiger partial charge on any atom is -0.481 e. The molecule has 0 aliphatic carbocycles. The van der Waals surface area contributed by atoms with Crippen molar-refractivity contribution in [1.29, 1.82) is 5.26 Å². The highest BCUT2D eigenvalue weighted by atomic mass is 79.9. The number of hydrogen-bond acceptors (Lipinski definition) is 4. The molecule has 1 aromatic carbocycles. The van der Waals surface area contributed by atoms with Crippen LogP contribution in [0.2, 0.25) is 0 Å². The van der Waals surface area contributed by atoms with E-state index in [1.165, 1.54) is 11.3 Å². The van der Waals surface area contributed by atoms with Crippen LogP contribution in [0.25, 0.3) is 0 Å². The molecule has 0 saturated heterocycles. The highest BCUT2D eigenvalue weighted by Crippen LogP contribution is 2.31. The van der Waals surface area contributed by atoms with Crippen LogP contribution in [0.4, 0.5) is 5.00 Å². The molecule has 0 saturated carbocycles. The number of anilines is 1. The lowest BCUT2D eigenvalue weighted by molar-refractivity contribution is -0.122. The number of halogens is 1. The first-order valence-electron chi connectivity index (χ1n) is 6.65. The van der Waals surface area contributed by atoms with Crippen LogP contribution in [0.15, 0.2) is 28.7 Å². The van der Waals surface area contributed by atoms with Gasteiger partial charge in [0.05, 0.1) is 5.56 Å². The highest BCUT2D eigenvalue weighted by Gasteiger charge is 2.19. The van der Waals surface area contributed by atoms with Crippen molar-refractivity contribution in [2.75, 3.05) is 5.32 Å². The molecule has 0 bridgehead atoms. The number of ether oxygens (including phenoxy) is 1. The summed E-state index contributed by atoms with van der Waals surface area (Å²) >= 11 is 4.75. The van der Waals surface area contributed by atoms with E-state index in [1.807, 2.05) is 26.0 Å². The second-order valence-electron chi connectivity index (χ2n) is 4.80. The minimum absolute atomic E-state index is 0.277. The number of aryl methyl sites for hydroxylation is 1. The third-order valence-electron chi connectivity index (χ3n) is 3.23. The Morgan fingerprint density at radius 1 is 1.36 bits per heavy atom. The first-order valence-corrected chi connectivity index (χ1v) is 8.26. The summed E-state index contributed by atoms with van der Waals surface area (Å²) in [6, 6.07) is 9.40. The molecule has 1 aromatic heterocycles. The van der Waals surface area contributed by atoms with Gasteiger partial charge in [0, 0.05) is 9.35 Å². The predicted molar refractivity (Wildman–Crippen MR) is 91.4 cm³/mol. The number of rotatable bonds is 4. The second kappa shape index (κ2) is 6.95. The summed E-state index contributed by atoms with van der Waals surface area (Å²) in [5.41, 5.74) is 1.43. The fourth-order valence-corrected chi connectivity index (χ4v) is 3.11. The molecule has 1 atom stereocenters. The monoisotopic (exact) mass is 378 g/mol. The first kappa shape index (κ1) is 16.5. The number of nitrogens with one attached hydrogen (secondary N) is 1. The number of carbonyl (C=O) groups is 1. The molecule has 0 radical (unpaired) electrons. The SMILES string of the molecule is Cc1sc(NC(=O)C(C)Oc2ccc(Br)cc2)c(C#N)c1C. The van der Waals surface area contributed by atoms with Crippen LogP contribution in [0.3, 0.4) is 0 Å². The van der Waals surface area contributed by atoms with Gasteiger partial charge < -0.3 is 10.1 Å². The van der Waals surface area contributed by atoms with E-state index in [1.54, 1.807) is 19.1 Å². The Kier molecular flexibility index (Phi) is 5.22. The maximum atomic E-state index is 12.2. The Balaban J connectivity index is 2.07. The van der Waals surface area contributed by atoms with Gasteiger partial charge in [-0.2, -0.15) is 5.26 Å². The molecular formula is C16H15BrN2O2S. The van der Waals surface area contributed by atoms with Gasteiger partial charge in [-0.3, -0.25) is 4.79 Å². The zero-order valence-electron chi connectivity index (χ0n) is 12.4. The molecule has 114 valence electrons. The molecule has 22 heavy (non-hydrogen) atoms. The minimum atomic E-state index is -0.657. The largest absolute Gasteiger partial charge is 0.481 e. The molecule has 2 aromatic rings. The van der Waals surface area contributed by atoms with Crippen LogP contribution in [0.1, 0.15) is 22.9 Å². The molecule has 0 fully saturated rings. The van der Waals surface area contributed by atoms with E-state index >= 15 is 0 Å². The fraction of sp³-hybridized carbons (Fsp3) is 0.250. The molecular weight excluding hydrogens is 364 g/mol. The van der Waals surface area contributed by atoms with Crippen molar-refractivity contribution in [3.63, 3.8) is 0 Å². The Morgan fingerprint density at radius 2 is 2.00 bits per heavy atom. The highest BCUT2D eigenvalue weighted by molar-refractivity contribution is 9.10. The third kappa shape index (κ3) is 3.67. The van der Waals surface area contributed by atoms with Crippen molar-refractivity contribution in [3.8, 4) is 11.8 Å². The van der Waals surface area contributed by atoms with Crippen LogP contribution in [-0.2, 0) is 4.79 Å². The molecule has 6 heteroatoms. The van der Waals surface area contributed by atoms with E-state index in [9.17, 15) is 10.1 Å². The number of benzene rings is 1. The zero-order chi connectivity index (χ0) is 16.3. The van der Waals surface area contributed by atoms with Gasteiger partial charge in [-0.15, -0.1) is 11.3 Å².